The summed E-state index contributed by atoms with van der Waals surface area (Å²) in [5.41, 5.74) is 1.91. The number of aryl methyl sites for hydroxylation is 1. The van der Waals surface area contributed by atoms with E-state index in [4.69, 9.17) is 11.6 Å². The van der Waals surface area contributed by atoms with Gasteiger partial charge in [-0.05, 0) is 6.92 Å². The molecule has 0 spiro atoms. The van der Waals surface area contributed by atoms with E-state index in [9.17, 15) is 0 Å². The van der Waals surface area contributed by atoms with Gasteiger partial charge in [0.05, 0.1) is 17.4 Å². The molecule has 1 saturated heterocycles. The number of anilines is 1. The number of hydrogen-bond acceptors (Lipinski definition) is 4. The maximum atomic E-state index is 5.89. The fourth-order valence-electron chi connectivity index (χ4n) is 2.82. The van der Waals surface area contributed by atoms with E-state index in [0.29, 0.717) is 10.9 Å². The summed E-state index contributed by atoms with van der Waals surface area (Å²) in [5.74, 6) is 1.69. The highest BCUT2D eigenvalue weighted by Gasteiger charge is 2.29. The van der Waals surface area contributed by atoms with E-state index in [-0.39, 0.29) is 0 Å². The summed E-state index contributed by atoms with van der Waals surface area (Å²) in [5, 5.41) is 9.27. The van der Waals surface area contributed by atoms with E-state index >= 15 is 0 Å². The smallest absolute Gasteiger partial charge is 0.157 e. The molecule has 0 saturated carbocycles. The summed E-state index contributed by atoms with van der Waals surface area (Å²) in [6.07, 6.45) is 5.33. The summed E-state index contributed by atoms with van der Waals surface area (Å²) in [6.45, 7) is 4.90. The van der Waals surface area contributed by atoms with Crippen molar-refractivity contribution in [3.05, 3.63) is 41.4 Å². The third kappa shape index (κ3) is 2.25. The number of aromatic nitrogens is 5. The highest BCUT2D eigenvalue weighted by atomic mass is 35.5. The van der Waals surface area contributed by atoms with Gasteiger partial charge in [0.25, 0.3) is 0 Å². The molecular weight excluding hydrogens is 288 g/mol. The Hall–Kier alpha value is -2.08. The van der Waals surface area contributed by atoms with Crippen LogP contribution >= 0.6 is 11.6 Å². The molecule has 4 heterocycles. The van der Waals surface area contributed by atoms with Crippen molar-refractivity contribution in [1.29, 1.82) is 0 Å². The largest absolute Gasteiger partial charge is 0.356 e. The topological polar surface area (TPSA) is 51.2 Å². The van der Waals surface area contributed by atoms with Gasteiger partial charge < -0.3 is 4.90 Å². The molecular formula is C14H15ClN6. The molecule has 3 aromatic rings. The van der Waals surface area contributed by atoms with Crippen molar-refractivity contribution < 1.29 is 0 Å². The second-order valence-electron chi connectivity index (χ2n) is 5.51. The molecule has 1 aliphatic heterocycles. The van der Waals surface area contributed by atoms with Crippen molar-refractivity contribution in [3.8, 4) is 0 Å². The molecule has 0 unspecified atom stereocenters. The minimum Gasteiger partial charge on any atom is -0.356 e. The van der Waals surface area contributed by atoms with Crippen molar-refractivity contribution in [2.75, 3.05) is 18.0 Å². The van der Waals surface area contributed by atoms with Gasteiger partial charge in [-0.1, -0.05) is 11.6 Å². The summed E-state index contributed by atoms with van der Waals surface area (Å²) in [7, 11) is 0. The molecule has 1 aliphatic rings. The maximum absolute atomic E-state index is 5.89. The van der Waals surface area contributed by atoms with Crippen LogP contribution in [0.15, 0.2) is 30.7 Å². The van der Waals surface area contributed by atoms with Gasteiger partial charge in [-0.2, -0.15) is 14.7 Å². The van der Waals surface area contributed by atoms with Gasteiger partial charge in [-0.3, -0.25) is 4.68 Å². The molecule has 108 valence electrons. The second kappa shape index (κ2) is 4.73. The quantitative estimate of drug-likeness (QED) is 0.743. The fraction of sp³-hybridized carbons (Fsp3) is 0.357. The summed E-state index contributed by atoms with van der Waals surface area (Å²) >= 11 is 5.89. The van der Waals surface area contributed by atoms with Crippen LogP contribution in [-0.4, -0.2) is 37.5 Å². The van der Waals surface area contributed by atoms with Crippen LogP contribution in [0.2, 0.25) is 5.02 Å². The highest BCUT2D eigenvalue weighted by Crippen LogP contribution is 2.26. The first kappa shape index (κ1) is 12.6. The first-order chi connectivity index (χ1) is 10.2. The molecule has 0 bridgehead atoms. The van der Waals surface area contributed by atoms with E-state index in [1.165, 1.54) is 0 Å². The molecule has 3 aromatic heterocycles. The number of hydrogen-bond donors (Lipinski definition) is 0. The molecule has 0 aliphatic carbocycles. The third-order valence-corrected chi connectivity index (χ3v) is 3.99. The van der Waals surface area contributed by atoms with E-state index in [0.717, 1.165) is 36.8 Å². The molecule has 21 heavy (non-hydrogen) atoms. The monoisotopic (exact) mass is 302 g/mol. The zero-order chi connectivity index (χ0) is 14.4. The van der Waals surface area contributed by atoms with Gasteiger partial charge in [0.15, 0.2) is 5.65 Å². The Morgan fingerprint density at radius 3 is 2.95 bits per heavy atom. The Morgan fingerprint density at radius 2 is 2.19 bits per heavy atom. The summed E-state index contributed by atoms with van der Waals surface area (Å²) < 4.78 is 3.81. The first-order valence-corrected chi connectivity index (χ1v) is 7.31. The zero-order valence-electron chi connectivity index (χ0n) is 11.6. The predicted molar refractivity (Wildman–Crippen MR) is 80.7 cm³/mol. The lowest BCUT2D eigenvalue weighted by atomic mass is 10.0. The molecule has 0 aromatic carbocycles. The molecule has 1 fully saturated rings. The molecule has 0 amide bonds. The van der Waals surface area contributed by atoms with Crippen LogP contribution in [0.5, 0.6) is 0 Å². The van der Waals surface area contributed by atoms with Crippen molar-refractivity contribution in [2.45, 2.75) is 13.5 Å². The molecule has 0 radical (unpaired) electrons. The van der Waals surface area contributed by atoms with Crippen LogP contribution in [0, 0.1) is 12.8 Å². The van der Waals surface area contributed by atoms with E-state index in [2.05, 4.69) is 26.1 Å². The molecule has 0 atom stereocenters. The van der Waals surface area contributed by atoms with Crippen molar-refractivity contribution in [3.63, 3.8) is 0 Å². The molecule has 0 N–H and O–H groups in total. The Balaban J connectivity index is 1.50. The SMILES string of the molecule is Cc1cc(N2CC(Cn3cc(Cl)cn3)C2)n2nccc2n1. The Labute approximate surface area is 127 Å². The zero-order valence-corrected chi connectivity index (χ0v) is 12.4. The lowest BCUT2D eigenvalue weighted by Crippen LogP contribution is -2.49. The predicted octanol–water partition coefficient (Wildman–Crippen LogP) is 2.02. The van der Waals surface area contributed by atoms with E-state index in [1.807, 2.05) is 28.4 Å². The van der Waals surface area contributed by atoms with Gasteiger partial charge in [-0.15, -0.1) is 0 Å². The van der Waals surface area contributed by atoms with Gasteiger partial charge in [0.2, 0.25) is 0 Å². The van der Waals surface area contributed by atoms with Crippen molar-refractivity contribution >= 4 is 23.1 Å². The van der Waals surface area contributed by atoms with E-state index in [1.54, 1.807) is 12.4 Å². The highest BCUT2D eigenvalue weighted by molar-refractivity contribution is 6.30. The summed E-state index contributed by atoms with van der Waals surface area (Å²) in [4.78, 5) is 6.80. The fourth-order valence-corrected chi connectivity index (χ4v) is 2.98. The van der Waals surface area contributed by atoms with Crippen molar-refractivity contribution in [1.82, 2.24) is 24.4 Å². The lowest BCUT2D eigenvalue weighted by Gasteiger charge is -2.40. The standard InChI is InChI=1S/C14H15ClN6/c1-10-4-14(21-13(18-10)2-3-16-21)19-6-11(7-19)8-20-9-12(15)5-17-20/h2-5,9,11H,6-8H2,1H3. The molecule has 4 rings (SSSR count). The minimum atomic E-state index is 0.583. The Morgan fingerprint density at radius 1 is 1.33 bits per heavy atom. The van der Waals surface area contributed by atoms with Gasteiger partial charge in [-0.25, -0.2) is 4.98 Å². The minimum absolute atomic E-state index is 0.583. The van der Waals surface area contributed by atoms with Crippen LogP contribution in [-0.2, 0) is 6.54 Å². The van der Waals surface area contributed by atoms with Crippen LogP contribution in [0.4, 0.5) is 5.82 Å². The normalized spacial score (nSPS) is 15.6. The number of rotatable bonds is 3. The maximum Gasteiger partial charge on any atom is 0.157 e. The van der Waals surface area contributed by atoms with E-state index < -0.39 is 0 Å². The summed E-state index contributed by atoms with van der Waals surface area (Å²) in [6, 6.07) is 4.01. The van der Waals surface area contributed by atoms with Crippen LogP contribution < -0.4 is 4.90 Å². The van der Waals surface area contributed by atoms with Crippen LogP contribution in [0.3, 0.4) is 0 Å². The van der Waals surface area contributed by atoms with Crippen LogP contribution in [0.1, 0.15) is 5.69 Å². The number of halogens is 1. The Kier molecular flexibility index (Phi) is 2.85. The lowest BCUT2D eigenvalue weighted by molar-refractivity contribution is 0.339. The van der Waals surface area contributed by atoms with Gasteiger partial charge >= 0.3 is 0 Å². The number of nitrogens with zero attached hydrogens (tertiary/aromatic N) is 6. The van der Waals surface area contributed by atoms with Crippen LogP contribution in [0.25, 0.3) is 5.65 Å². The molecule has 6 nitrogen and oxygen atoms in total. The van der Waals surface area contributed by atoms with Gasteiger partial charge in [0, 0.05) is 49.6 Å². The third-order valence-electron chi connectivity index (χ3n) is 3.80. The molecule has 7 heteroatoms. The Bertz CT molecular complexity index is 786. The second-order valence-corrected chi connectivity index (χ2v) is 5.94. The number of fused-ring (bicyclic) bond motifs is 1. The van der Waals surface area contributed by atoms with Gasteiger partial charge in [0.1, 0.15) is 5.82 Å². The van der Waals surface area contributed by atoms with Crippen molar-refractivity contribution in [2.24, 2.45) is 5.92 Å². The average molecular weight is 303 g/mol. The first-order valence-electron chi connectivity index (χ1n) is 6.93. The average Bonchev–Trinajstić information content (AvgIpc) is 3.01.